The van der Waals surface area contributed by atoms with Crippen LogP contribution in [0, 0.1) is 5.92 Å². The number of hydrogen-bond donors (Lipinski definition) is 1. The van der Waals surface area contributed by atoms with Crippen LogP contribution in [-0.2, 0) is 4.84 Å². The Kier molecular flexibility index (Phi) is 2.63. The van der Waals surface area contributed by atoms with Crippen molar-refractivity contribution in [2.75, 3.05) is 0 Å². The van der Waals surface area contributed by atoms with E-state index in [0.29, 0.717) is 6.42 Å². The van der Waals surface area contributed by atoms with E-state index in [1.165, 1.54) is 6.42 Å². The maximum Gasteiger partial charge on any atom is 0.237 e. The van der Waals surface area contributed by atoms with Gasteiger partial charge < -0.3 is 9.94 Å². The Morgan fingerprint density at radius 2 is 2.06 bits per heavy atom. The van der Waals surface area contributed by atoms with Gasteiger partial charge in [-0.2, -0.15) is 0 Å². The van der Waals surface area contributed by atoms with Crippen molar-refractivity contribution < 1.29 is 9.94 Å². The van der Waals surface area contributed by atoms with Crippen LogP contribution >= 0.6 is 0 Å². The monoisotopic (exact) mass is 231 g/mol. The van der Waals surface area contributed by atoms with Crippen LogP contribution < -0.4 is 0 Å². The fourth-order valence-corrected chi connectivity index (χ4v) is 2.79. The molecule has 3 nitrogen and oxygen atoms in total. The first-order valence-electron chi connectivity index (χ1n) is 6.31. The highest BCUT2D eigenvalue weighted by Gasteiger charge is 2.44. The van der Waals surface area contributed by atoms with Crippen LogP contribution in [0.5, 0.6) is 0 Å². The molecule has 1 saturated carbocycles. The van der Waals surface area contributed by atoms with Gasteiger partial charge in [0.15, 0.2) is 0 Å². The molecular formula is C14H17NO2. The Bertz CT molecular complexity index is 429. The van der Waals surface area contributed by atoms with Gasteiger partial charge in [-0.25, -0.2) is 0 Å². The van der Waals surface area contributed by atoms with Crippen LogP contribution in [0.15, 0.2) is 35.5 Å². The van der Waals surface area contributed by atoms with Crippen molar-refractivity contribution in [1.29, 1.82) is 0 Å². The predicted molar refractivity (Wildman–Crippen MR) is 65.6 cm³/mol. The minimum absolute atomic E-state index is 0.198. The number of nitrogens with zero attached hydrogens (tertiary/aromatic N) is 1. The van der Waals surface area contributed by atoms with Crippen LogP contribution in [0.2, 0.25) is 0 Å². The van der Waals surface area contributed by atoms with Gasteiger partial charge in [0.2, 0.25) is 5.79 Å². The summed E-state index contributed by atoms with van der Waals surface area (Å²) in [5, 5.41) is 14.4. The van der Waals surface area contributed by atoms with Crippen molar-refractivity contribution in [1.82, 2.24) is 0 Å². The molecule has 3 heteroatoms. The molecular weight excluding hydrogens is 214 g/mol. The fraction of sp³-hybridized carbons (Fsp3) is 0.500. The molecule has 1 aromatic rings. The van der Waals surface area contributed by atoms with Crippen molar-refractivity contribution in [3.8, 4) is 0 Å². The molecule has 2 aliphatic rings. The van der Waals surface area contributed by atoms with Crippen molar-refractivity contribution in [3.63, 3.8) is 0 Å². The first-order chi connectivity index (χ1) is 8.28. The minimum Gasteiger partial charge on any atom is -0.360 e. The molecule has 0 saturated heterocycles. The molecule has 17 heavy (non-hydrogen) atoms. The second-order valence-corrected chi connectivity index (χ2v) is 4.99. The molecule has 0 aromatic heterocycles. The zero-order valence-electron chi connectivity index (χ0n) is 9.80. The van der Waals surface area contributed by atoms with E-state index in [2.05, 4.69) is 5.16 Å². The number of fused-ring (bicyclic) bond motifs is 1. The smallest absolute Gasteiger partial charge is 0.237 e. The summed E-state index contributed by atoms with van der Waals surface area (Å²) in [5.74, 6) is -0.805. The summed E-state index contributed by atoms with van der Waals surface area (Å²) < 4.78 is 0. The van der Waals surface area contributed by atoms with Gasteiger partial charge in [-0.3, -0.25) is 0 Å². The number of oxime groups is 1. The van der Waals surface area contributed by atoms with Gasteiger partial charge in [0.1, 0.15) is 0 Å². The third kappa shape index (κ3) is 1.95. The zero-order valence-corrected chi connectivity index (χ0v) is 9.80. The summed E-state index contributed by atoms with van der Waals surface area (Å²) >= 11 is 0. The molecule has 1 aromatic carbocycles. The standard InChI is InChI=1S/C14H17NO2/c16-14-9-5-4-8-12(14)10-13(15-17-14)11-6-2-1-3-7-11/h1-3,6-7,12,16H,4-5,8-10H2/t12-,14-/m1/s1. The van der Waals surface area contributed by atoms with E-state index in [1.54, 1.807) is 0 Å². The summed E-state index contributed by atoms with van der Waals surface area (Å²) in [7, 11) is 0. The van der Waals surface area contributed by atoms with Crippen molar-refractivity contribution in [2.45, 2.75) is 37.9 Å². The normalized spacial score (nSPS) is 32.3. The largest absolute Gasteiger partial charge is 0.360 e. The number of hydrogen-bond acceptors (Lipinski definition) is 3. The maximum absolute atomic E-state index is 10.3. The Morgan fingerprint density at radius 1 is 1.24 bits per heavy atom. The average molecular weight is 231 g/mol. The highest BCUT2D eigenvalue weighted by molar-refractivity contribution is 6.00. The van der Waals surface area contributed by atoms with E-state index in [4.69, 9.17) is 4.84 Å². The molecule has 0 spiro atoms. The van der Waals surface area contributed by atoms with E-state index in [9.17, 15) is 5.11 Å². The lowest BCUT2D eigenvalue weighted by atomic mass is 9.79. The Morgan fingerprint density at radius 3 is 2.88 bits per heavy atom. The first kappa shape index (κ1) is 10.8. The van der Waals surface area contributed by atoms with Gasteiger partial charge in [0.25, 0.3) is 0 Å². The molecule has 0 radical (unpaired) electrons. The topological polar surface area (TPSA) is 41.8 Å². The number of aliphatic hydroxyl groups is 1. The maximum atomic E-state index is 10.3. The number of rotatable bonds is 1. The molecule has 1 fully saturated rings. The molecule has 1 heterocycles. The van der Waals surface area contributed by atoms with Crippen molar-refractivity contribution in [3.05, 3.63) is 35.9 Å². The van der Waals surface area contributed by atoms with Crippen molar-refractivity contribution >= 4 is 5.71 Å². The van der Waals surface area contributed by atoms with Gasteiger partial charge in [-0.1, -0.05) is 41.9 Å². The molecule has 1 aliphatic heterocycles. The van der Waals surface area contributed by atoms with Gasteiger partial charge in [0.05, 0.1) is 5.71 Å². The lowest BCUT2D eigenvalue weighted by Gasteiger charge is -2.40. The molecule has 3 rings (SSSR count). The summed E-state index contributed by atoms with van der Waals surface area (Å²) in [6, 6.07) is 10.1. The van der Waals surface area contributed by atoms with Gasteiger partial charge in [-0.15, -0.1) is 0 Å². The number of benzene rings is 1. The third-order valence-electron chi connectivity index (χ3n) is 3.84. The summed E-state index contributed by atoms with van der Waals surface area (Å²) in [6.07, 6.45) is 4.77. The Hall–Kier alpha value is -1.35. The van der Waals surface area contributed by atoms with E-state index in [1.807, 2.05) is 30.3 Å². The van der Waals surface area contributed by atoms with Gasteiger partial charge >= 0.3 is 0 Å². The zero-order chi connectivity index (χ0) is 11.7. The molecule has 90 valence electrons. The van der Waals surface area contributed by atoms with E-state index < -0.39 is 5.79 Å². The minimum atomic E-state index is -1.00. The molecule has 0 unspecified atom stereocenters. The molecule has 1 aliphatic carbocycles. The lowest BCUT2D eigenvalue weighted by molar-refractivity contribution is -0.257. The fourth-order valence-electron chi connectivity index (χ4n) is 2.79. The average Bonchev–Trinajstić information content (AvgIpc) is 2.39. The van der Waals surface area contributed by atoms with Crippen LogP contribution in [0.25, 0.3) is 0 Å². The Balaban J connectivity index is 1.86. The van der Waals surface area contributed by atoms with E-state index in [0.717, 1.165) is 30.5 Å². The second-order valence-electron chi connectivity index (χ2n) is 4.99. The summed E-state index contributed by atoms with van der Waals surface area (Å²) in [5.41, 5.74) is 2.06. The third-order valence-corrected chi connectivity index (χ3v) is 3.84. The first-order valence-corrected chi connectivity index (χ1v) is 6.31. The molecule has 2 atom stereocenters. The summed E-state index contributed by atoms with van der Waals surface area (Å²) in [6.45, 7) is 0. The highest BCUT2D eigenvalue weighted by atomic mass is 16.7. The summed E-state index contributed by atoms with van der Waals surface area (Å²) in [4.78, 5) is 5.38. The quantitative estimate of drug-likeness (QED) is 0.807. The van der Waals surface area contributed by atoms with Gasteiger partial charge in [0, 0.05) is 18.8 Å². The predicted octanol–water partition coefficient (Wildman–Crippen LogP) is 2.69. The molecule has 1 N–H and O–H groups in total. The van der Waals surface area contributed by atoms with Gasteiger partial charge in [-0.05, 0) is 18.4 Å². The van der Waals surface area contributed by atoms with E-state index >= 15 is 0 Å². The van der Waals surface area contributed by atoms with Crippen LogP contribution in [0.3, 0.4) is 0 Å². The second kappa shape index (κ2) is 4.15. The van der Waals surface area contributed by atoms with Crippen LogP contribution in [0.4, 0.5) is 0 Å². The SMILES string of the molecule is O[C@@]12CCCC[C@@H]1CC(c1ccccc1)=NO2. The molecule has 0 amide bonds. The van der Waals surface area contributed by atoms with Crippen LogP contribution in [0.1, 0.15) is 37.7 Å². The molecule has 0 bridgehead atoms. The van der Waals surface area contributed by atoms with Crippen LogP contribution in [-0.4, -0.2) is 16.6 Å². The van der Waals surface area contributed by atoms with Crippen molar-refractivity contribution in [2.24, 2.45) is 11.1 Å². The lowest BCUT2D eigenvalue weighted by Crippen LogP contribution is -2.45. The Labute approximate surface area is 101 Å². The highest BCUT2D eigenvalue weighted by Crippen LogP contribution is 2.40. The van der Waals surface area contributed by atoms with E-state index in [-0.39, 0.29) is 5.92 Å².